The summed E-state index contributed by atoms with van der Waals surface area (Å²) in [4.78, 5) is 1.38. The summed E-state index contributed by atoms with van der Waals surface area (Å²) >= 11 is 3.50. The molecular weight excluding hydrogens is 370 g/mol. The fraction of sp³-hybridized carbons (Fsp3) is 0.333. The minimum absolute atomic E-state index is 0.280. The number of ether oxygens (including phenoxy) is 3. The van der Waals surface area contributed by atoms with Gasteiger partial charge in [0.15, 0.2) is 16.7 Å². The Morgan fingerprint density at radius 1 is 1.23 bits per heavy atom. The van der Waals surface area contributed by atoms with E-state index in [1.54, 1.807) is 29.4 Å². The van der Waals surface area contributed by atoms with E-state index in [0.717, 1.165) is 47.5 Å². The minimum atomic E-state index is 0.280. The average molecular weight is 390 g/mol. The van der Waals surface area contributed by atoms with Gasteiger partial charge in [-0.25, -0.2) is 0 Å². The monoisotopic (exact) mass is 389 g/mol. The summed E-state index contributed by atoms with van der Waals surface area (Å²) in [6.45, 7) is 1.84. The lowest BCUT2D eigenvalue weighted by Crippen LogP contribution is -2.03. The highest BCUT2D eigenvalue weighted by molar-refractivity contribution is 7.99. The Hall–Kier alpha value is -2.19. The molecular formula is C18H19N3O3S2. The Bertz CT molecular complexity index is 836. The van der Waals surface area contributed by atoms with E-state index < -0.39 is 0 Å². The molecule has 0 spiro atoms. The smallest absolute Gasteiger partial charge is 0.231 e. The molecule has 0 N–H and O–H groups in total. The van der Waals surface area contributed by atoms with Gasteiger partial charge in [0.25, 0.3) is 0 Å². The van der Waals surface area contributed by atoms with Gasteiger partial charge in [-0.05, 0) is 36.4 Å². The minimum Gasteiger partial charge on any atom is -0.493 e. The maximum Gasteiger partial charge on any atom is 0.231 e. The Morgan fingerprint density at radius 2 is 2.19 bits per heavy atom. The summed E-state index contributed by atoms with van der Waals surface area (Å²) in [5, 5.41) is 11.3. The van der Waals surface area contributed by atoms with Crippen molar-refractivity contribution in [2.45, 2.75) is 24.5 Å². The lowest BCUT2D eigenvalue weighted by Gasteiger charge is -2.07. The first-order valence-corrected chi connectivity index (χ1v) is 10.3. The molecule has 0 radical (unpaired) electrons. The third-order valence-electron chi connectivity index (χ3n) is 3.89. The lowest BCUT2D eigenvalue weighted by atomic mass is 10.3. The Morgan fingerprint density at radius 3 is 3.12 bits per heavy atom. The van der Waals surface area contributed by atoms with Crippen LogP contribution >= 0.6 is 23.1 Å². The van der Waals surface area contributed by atoms with Gasteiger partial charge in [0.2, 0.25) is 6.79 Å². The quantitative estimate of drug-likeness (QED) is 0.409. The molecule has 1 aliphatic rings. The number of hydrogen-bond acceptors (Lipinski definition) is 7. The van der Waals surface area contributed by atoms with Crippen LogP contribution in [0.4, 0.5) is 0 Å². The third-order valence-corrected chi connectivity index (χ3v) is 5.90. The molecule has 3 heterocycles. The second-order valence-corrected chi connectivity index (χ2v) is 7.80. The summed E-state index contributed by atoms with van der Waals surface area (Å²) in [6.07, 6.45) is 3.74. The molecule has 0 fully saturated rings. The Kier molecular flexibility index (Phi) is 5.61. The molecule has 3 aromatic rings. The molecule has 0 unspecified atom stereocenters. The highest BCUT2D eigenvalue weighted by Crippen LogP contribution is 2.35. The van der Waals surface area contributed by atoms with E-state index in [-0.39, 0.29) is 6.79 Å². The number of aromatic nitrogens is 3. The zero-order chi connectivity index (χ0) is 17.6. The zero-order valence-corrected chi connectivity index (χ0v) is 15.8. The maximum atomic E-state index is 5.79. The van der Waals surface area contributed by atoms with Gasteiger partial charge in [-0.15, -0.1) is 21.5 Å². The van der Waals surface area contributed by atoms with E-state index in [4.69, 9.17) is 14.2 Å². The molecule has 0 saturated carbocycles. The number of fused-ring (bicyclic) bond motifs is 1. The second kappa shape index (κ2) is 8.46. The molecule has 0 atom stereocenters. The predicted molar refractivity (Wildman–Crippen MR) is 101 cm³/mol. The number of rotatable bonds is 9. The molecule has 0 bridgehead atoms. The van der Waals surface area contributed by atoms with Gasteiger partial charge in [0.1, 0.15) is 12.1 Å². The number of benzene rings is 1. The van der Waals surface area contributed by atoms with Gasteiger partial charge in [-0.3, -0.25) is 0 Å². The van der Waals surface area contributed by atoms with Crippen molar-refractivity contribution in [3.63, 3.8) is 0 Å². The van der Waals surface area contributed by atoms with E-state index in [0.29, 0.717) is 6.61 Å². The van der Waals surface area contributed by atoms with Gasteiger partial charge in [-0.2, -0.15) is 0 Å². The van der Waals surface area contributed by atoms with Crippen LogP contribution in [-0.2, 0) is 13.0 Å². The van der Waals surface area contributed by atoms with Crippen LogP contribution in [0.25, 0.3) is 0 Å². The molecule has 8 heteroatoms. The SMILES string of the molecule is c1csc(CCn2cnnc2SCCCOc2ccc3c(c2)OCO3)c1. The van der Waals surface area contributed by atoms with Gasteiger partial charge in [-0.1, -0.05) is 17.8 Å². The van der Waals surface area contributed by atoms with Crippen molar-refractivity contribution >= 4 is 23.1 Å². The van der Waals surface area contributed by atoms with Gasteiger partial charge in [0.05, 0.1) is 6.61 Å². The van der Waals surface area contributed by atoms with Crippen LogP contribution in [0.2, 0.25) is 0 Å². The van der Waals surface area contributed by atoms with Crippen molar-refractivity contribution < 1.29 is 14.2 Å². The zero-order valence-electron chi connectivity index (χ0n) is 14.2. The Balaban J connectivity index is 1.19. The van der Waals surface area contributed by atoms with Crippen molar-refractivity contribution in [3.8, 4) is 17.2 Å². The molecule has 4 rings (SSSR count). The van der Waals surface area contributed by atoms with Crippen molar-refractivity contribution in [2.75, 3.05) is 19.2 Å². The van der Waals surface area contributed by atoms with Gasteiger partial charge < -0.3 is 18.8 Å². The second-order valence-electron chi connectivity index (χ2n) is 5.70. The molecule has 2 aromatic heterocycles. The number of thioether (sulfide) groups is 1. The van der Waals surface area contributed by atoms with Crippen molar-refractivity contribution in [1.82, 2.24) is 14.8 Å². The molecule has 0 aliphatic carbocycles. The Labute approximate surface area is 160 Å². The van der Waals surface area contributed by atoms with E-state index in [9.17, 15) is 0 Å². The van der Waals surface area contributed by atoms with Crippen LogP contribution in [0.3, 0.4) is 0 Å². The van der Waals surface area contributed by atoms with E-state index in [1.165, 1.54) is 4.88 Å². The number of thiophene rings is 1. The van der Waals surface area contributed by atoms with Gasteiger partial charge in [0, 0.05) is 23.2 Å². The highest BCUT2D eigenvalue weighted by Gasteiger charge is 2.13. The van der Waals surface area contributed by atoms with Crippen molar-refractivity contribution in [3.05, 3.63) is 46.9 Å². The summed E-state index contributed by atoms with van der Waals surface area (Å²) in [7, 11) is 0. The standard InChI is InChI=1S/C18H19N3O3S2/c1-3-15(25-9-1)6-7-21-12-19-20-18(21)26-10-2-8-22-14-4-5-16-17(11-14)24-13-23-16/h1,3-5,9,11-12H,2,6-8,10,13H2. The number of hydrogen-bond donors (Lipinski definition) is 0. The highest BCUT2D eigenvalue weighted by atomic mass is 32.2. The molecule has 0 amide bonds. The largest absolute Gasteiger partial charge is 0.493 e. The molecule has 0 saturated heterocycles. The normalized spacial score (nSPS) is 12.5. The predicted octanol–water partition coefficient (Wildman–Crippen LogP) is 3.87. The van der Waals surface area contributed by atoms with E-state index in [1.807, 2.05) is 18.2 Å². The maximum absolute atomic E-state index is 5.79. The van der Waals surface area contributed by atoms with Crippen molar-refractivity contribution in [2.24, 2.45) is 0 Å². The summed E-state index contributed by atoms with van der Waals surface area (Å²) < 4.78 is 18.6. The van der Waals surface area contributed by atoms with Crippen LogP contribution < -0.4 is 14.2 Å². The van der Waals surface area contributed by atoms with E-state index >= 15 is 0 Å². The first kappa shape index (κ1) is 17.2. The molecule has 6 nitrogen and oxygen atoms in total. The van der Waals surface area contributed by atoms with Crippen LogP contribution in [0.5, 0.6) is 17.2 Å². The van der Waals surface area contributed by atoms with Crippen LogP contribution in [0, 0.1) is 0 Å². The third kappa shape index (κ3) is 4.31. The number of nitrogens with zero attached hydrogens (tertiary/aromatic N) is 3. The first-order chi connectivity index (χ1) is 12.9. The fourth-order valence-corrected chi connectivity index (χ4v) is 4.13. The van der Waals surface area contributed by atoms with Crippen LogP contribution in [0.15, 0.2) is 47.2 Å². The van der Waals surface area contributed by atoms with Crippen LogP contribution in [0.1, 0.15) is 11.3 Å². The summed E-state index contributed by atoms with van der Waals surface area (Å²) in [6, 6.07) is 9.90. The number of aryl methyl sites for hydroxylation is 2. The van der Waals surface area contributed by atoms with Crippen LogP contribution in [-0.4, -0.2) is 33.9 Å². The summed E-state index contributed by atoms with van der Waals surface area (Å²) in [5.74, 6) is 3.26. The fourth-order valence-electron chi connectivity index (χ4n) is 2.57. The van der Waals surface area contributed by atoms with Gasteiger partial charge >= 0.3 is 0 Å². The summed E-state index contributed by atoms with van der Waals surface area (Å²) in [5.41, 5.74) is 0. The molecule has 1 aliphatic heterocycles. The van der Waals surface area contributed by atoms with E-state index in [2.05, 4.69) is 32.3 Å². The first-order valence-electron chi connectivity index (χ1n) is 8.44. The lowest BCUT2D eigenvalue weighted by molar-refractivity contribution is 0.173. The molecule has 1 aromatic carbocycles. The average Bonchev–Trinajstić information content (AvgIpc) is 3.41. The molecule has 26 heavy (non-hydrogen) atoms. The topological polar surface area (TPSA) is 58.4 Å². The van der Waals surface area contributed by atoms with Crippen molar-refractivity contribution in [1.29, 1.82) is 0 Å². The molecule has 136 valence electrons.